The quantitative estimate of drug-likeness (QED) is 0.534. The third kappa shape index (κ3) is 2.80. The average Bonchev–Trinajstić information content (AvgIpc) is 2.63. The van der Waals surface area contributed by atoms with Crippen molar-refractivity contribution in [1.29, 1.82) is 0 Å². The molecule has 0 radical (unpaired) electrons. The molecule has 0 unspecified atom stereocenters. The van der Waals surface area contributed by atoms with Gasteiger partial charge in [0.1, 0.15) is 0 Å². The zero-order valence-corrected chi connectivity index (χ0v) is 13.9. The minimum absolute atomic E-state index is 0.460. The normalized spacial score (nSPS) is 10.6. The van der Waals surface area contributed by atoms with Gasteiger partial charge in [-0.3, -0.25) is 0 Å². The predicted octanol–water partition coefficient (Wildman–Crippen LogP) is 3.09. The molecular formula is C19H19NO4. The van der Waals surface area contributed by atoms with Crippen LogP contribution in [0.3, 0.4) is 0 Å². The Balaban J connectivity index is 2.10. The second kappa shape index (κ2) is 6.66. The van der Waals surface area contributed by atoms with E-state index in [1.54, 1.807) is 21.3 Å². The SMILES string of the molecule is COc1cc(Cc2c3ccccc3cc[n+]2[O-])cc(OC)c1OC. The van der Waals surface area contributed by atoms with Gasteiger partial charge in [-0.1, -0.05) is 18.2 Å². The zero-order chi connectivity index (χ0) is 17.1. The Labute approximate surface area is 140 Å². The first-order valence-corrected chi connectivity index (χ1v) is 7.56. The summed E-state index contributed by atoms with van der Waals surface area (Å²) in [5.74, 6) is 1.69. The average molecular weight is 325 g/mol. The molecule has 2 aromatic carbocycles. The van der Waals surface area contributed by atoms with Crippen LogP contribution in [0, 0.1) is 5.21 Å². The maximum absolute atomic E-state index is 12.3. The van der Waals surface area contributed by atoms with Gasteiger partial charge in [0.25, 0.3) is 0 Å². The van der Waals surface area contributed by atoms with E-state index in [0.29, 0.717) is 29.4 Å². The van der Waals surface area contributed by atoms with Gasteiger partial charge in [-0.2, -0.15) is 4.73 Å². The first-order valence-electron chi connectivity index (χ1n) is 7.56. The van der Waals surface area contributed by atoms with Crippen LogP contribution in [0.4, 0.5) is 0 Å². The highest BCUT2D eigenvalue weighted by atomic mass is 16.5. The van der Waals surface area contributed by atoms with E-state index in [2.05, 4.69) is 0 Å². The Bertz CT molecular complexity index is 851. The third-order valence-corrected chi connectivity index (χ3v) is 4.02. The summed E-state index contributed by atoms with van der Waals surface area (Å²) in [6, 6.07) is 13.4. The summed E-state index contributed by atoms with van der Waals surface area (Å²) in [5, 5.41) is 14.3. The van der Waals surface area contributed by atoms with E-state index in [1.165, 1.54) is 6.20 Å². The van der Waals surface area contributed by atoms with Gasteiger partial charge in [0.15, 0.2) is 17.7 Å². The fourth-order valence-electron chi connectivity index (χ4n) is 2.87. The van der Waals surface area contributed by atoms with Crippen molar-refractivity contribution in [2.24, 2.45) is 0 Å². The van der Waals surface area contributed by atoms with E-state index in [1.807, 2.05) is 42.5 Å². The lowest BCUT2D eigenvalue weighted by Crippen LogP contribution is -2.31. The molecule has 0 saturated carbocycles. The number of ether oxygens (including phenoxy) is 3. The summed E-state index contributed by atoms with van der Waals surface area (Å²) in [5.41, 5.74) is 1.59. The van der Waals surface area contributed by atoms with Gasteiger partial charge < -0.3 is 19.4 Å². The summed E-state index contributed by atoms with van der Waals surface area (Å²) < 4.78 is 17.0. The summed E-state index contributed by atoms with van der Waals surface area (Å²) in [7, 11) is 4.72. The molecule has 1 aromatic heterocycles. The molecule has 1 heterocycles. The highest BCUT2D eigenvalue weighted by molar-refractivity contribution is 5.83. The first-order chi connectivity index (χ1) is 11.7. The van der Waals surface area contributed by atoms with Gasteiger partial charge in [-0.25, -0.2) is 0 Å². The van der Waals surface area contributed by atoms with Crippen LogP contribution < -0.4 is 18.9 Å². The highest BCUT2D eigenvalue weighted by Crippen LogP contribution is 2.38. The lowest BCUT2D eigenvalue weighted by Gasteiger charge is -2.14. The number of rotatable bonds is 5. The van der Waals surface area contributed by atoms with Crippen LogP contribution in [-0.4, -0.2) is 21.3 Å². The third-order valence-electron chi connectivity index (χ3n) is 4.02. The smallest absolute Gasteiger partial charge is 0.204 e. The lowest BCUT2D eigenvalue weighted by atomic mass is 10.0. The Morgan fingerprint density at radius 3 is 2.21 bits per heavy atom. The van der Waals surface area contributed by atoms with Crippen molar-refractivity contribution in [2.45, 2.75) is 6.42 Å². The van der Waals surface area contributed by atoms with Crippen LogP contribution in [0.15, 0.2) is 48.7 Å². The molecule has 0 atom stereocenters. The Hall–Kier alpha value is -2.95. The molecule has 0 aliphatic carbocycles. The second-order valence-corrected chi connectivity index (χ2v) is 5.39. The largest absolute Gasteiger partial charge is 0.618 e. The molecule has 0 fully saturated rings. The number of aromatic nitrogens is 1. The van der Waals surface area contributed by atoms with E-state index in [0.717, 1.165) is 21.1 Å². The molecule has 0 aliphatic heterocycles. The molecule has 5 nitrogen and oxygen atoms in total. The molecule has 3 aromatic rings. The number of pyridine rings is 1. The molecular weight excluding hydrogens is 306 g/mol. The van der Waals surface area contributed by atoms with Crippen molar-refractivity contribution in [3.05, 3.63) is 65.1 Å². The molecule has 24 heavy (non-hydrogen) atoms. The number of fused-ring (bicyclic) bond motifs is 1. The minimum atomic E-state index is 0.460. The van der Waals surface area contributed by atoms with Crippen molar-refractivity contribution >= 4 is 10.8 Å². The summed E-state index contributed by atoms with van der Waals surface area (Å²) in [6.45, 7) is 0. The fraction of sp³-hybridized carbons (Fsp3) is 0.211. The molecule has 0 spiro atoms. The first kappa shape index (κ1) is 15.9. The van der Waals surface area contributed by atoms with Crippen molar-refractivity contribution < 1.29 is 18.9 Å². The van der Waals surface area contributed by atoms with Crippen LogP contribution >= 0.6 is 0 Å². The van der Waals surface area contributed by atoms with Gasteiger partial charge in [0, 0.05) is 6.07 Å². The van der Waals surface area contributed by atoms with E-state index in [9.17, 15) is 5.21 Å². The van der Waals surface area contributed by atoms with E-state index < -0.39 is 0 Å². The monoisotopic (exact) mass is 325 g/mol. The Kier molecular flexibility index (Phi) is 4.42. The lowest BCUT2D eigenvalue weighted by molar-refractivity contribution is -0.611. The summed E-state index contributed by atoms with van der Waals surface area (Å²) in [4.78, 5) is 0. The second-order valence-electron chi connectivity index (χ2n) is 5.39. The molecule has 5 heteroatoms. The molecule has 0 bridgehead atoms. The number of benzene rings is 2. The van der Waals surface area contributed by atoms with Crippen LogP contribution in [-0.2, 0) is 6.42 Å². The van der Waals surface area contributed by atoms with Gasteiger partial charge >= 0.3 is 0 Å². The number of hydrogen-bond acceptors (Lipinski definition) is 4. The predicted molar refractivity (Wildman–Crippen MR) is 91.8 cm³/mol. The van der Waals surface area contributed by atoms with Crippen LogP contribution in [0.2, 0.25) is 0 Å². The topological polar surface area (TPSA) is 54.6 Å². The minimum Gasteiger partial charge on any atom is -0.618 e. The van der Waals surface area contributed by atoms with Gasteiger partial charge in [-0.15, -0.1) is 0 Å². The zero-order valence-electron chi connectivity index (χ0n) is 13.9. The number of hydrogen-bond donors (Lipinski definition) is 0. The highest BCUT2D eigenvalue weighted by Gasteiger charge is 2.17. The van der Waals surface area contributed by atoms with Crippen molar-refractivity contribution in [2.75, 3.05) is 21.3 Å². The number of methoxy groups -OCH3 is 3. The van der Waals surface area contributed by atoms with Gasteiger partial charge in [-0.05, 0) is 29.1 Å². The molecule has 0 N–H and O–H groups in total. The summed E-state index contributed by atoms with van der Waals surface area (Å²) >= 11 is 0. The maximum Gasteiger partial charge on any atom is 0.204 e. The van der Waals surface area contributed by atoms with Crippen molar-refractivity contribution in [3.63, 3.8) is 0 Å². The molecule has 124 valence electrons. The van der Waals surface area contributed by atoms with Crippen LogP contribution in [0.1, 0.15) is 11.3 Å². The van der Waals surface area contributed by atoms with Crippen LogP contribution in [0.5, 0.6) is 17.2 Å². The molecule has 0 saturated heterocycles. The van der Waals surface area contributed by atoms with Gasteiger partial charge in [0.2, 0.25) is 11.4 Å². The van der Waals surface area contributed by atoms with E-state index in [-0.39, 0.29) is 0 Å². The standard InChI is InChI=1S/C19H19NO4/c1-22-17-11-13(12-18(23-2)19(17)24-3)10-16-15-7-5-4-6-14(15)8-9-20(16)21/h4-9,11-12H,10H2,1-3H3. The van der Waals surface area contributed by atoms with Crippen molar-refractivity contribution in [1.82, 2.24) is 0 Å². The molecule has 3 rings (SSSR count). The Morgan fingerprint density at radius 1 is 0.917 bits per heavy atom. The van der Waals surface area contributed by atoms with Crippen LogP contribution in [0.25, 0.3) is 10.8 Å². The van der Waals surface area contributed by atoms with E-state index in [4.69, 9.17) is 14.2 Å². The molecule has 0 aliphatic rings. The summed E-state index contributed by atoms with van der Waals surface area (Å²) in [6.07, 6.45) is 2.00. The number of nitrogens with zero attached hydrogens (tertiary/aromatic N) is 1. The maximum atomic E-state index is 12.3. The van der Waals surface area contributed by atoms with E-state index >= 15 is 0 Å². The Morgan fingerprint density at radius 2 is 1.58 bits per heavy atom. The van der Waals surface area contributed by atoms with Gasteiger partial charge in [0.05, 0.1) is 33.1 Å². The fourth-order valence-corrected chi connectivity index (χ4v) is 2.87. The van der Waals surface area contributed by atoms with Crippen molar-refractivity contribution in [3.8, 4) is 17.2 Å². The molecule has 0 amide bonds.